The van der Waals surface area contributed by atoms with Gasteiger partial charge in [-0.2, -0.15) is 0 Å². The van der Waals surface area contributed by atoms with Crippen LogP contribution in [0, 0.1) is 0 Å². The summed E-state index contributed by atoms with van der Waals surface area (Å²) in [4.78, 5) is 23.9. The van der Waals surface area contributed by atoms with Crippen LogP contribution in [0.15, 0.2) is 48.5 Å². The zero-order valence-electron chi connectivity index (χ0n) is 15.9. The van der Waals surface area contributed by atoms with Crippen molar-refractivity contribution in [3.05, 3.63) is 59.1 Å². The van der Waals surface area contributed by atoms with E-state index in [-0.39, 0.29) is 18.4 Å². The lowest BCUT2D eigenvalue weighted by Crippen LogP contribution is -2.38. The molecule has 0 spiro atoms. The number of carbonyl (C=O) groups excluding carboxylic acids is 2. The number of ether oxygens (including phenoxy) is 2. The van der Waals surface area contributed by atoms with Gasteiger partial charge in [-0.3, -0.25) is 9.59 Å². The van der Waals surface area contributed by atoms with Crippen LogP contribution in [0.3, 0.4) is 0 Å². The first-order valence-corrected chi connectivity index (χ1v) is 9.62. The molecule has 150 valence electrons. The summed E-state index contributed by atoms with van der Waals surface area (Å²) in [5, 5.41) is 5.91. The third-order valence-electron chi connectivity index (χ3n) is 3.80. The van der Waals surface area contributed by atoms with Gasteiger partial charge >= 0.3 is 0 Å². The Morgan fingerprint density at radius 2 is 1.50 bits per heavy atom. The van der Waals surface area contributed by atoms with Gasteiger partial charge in [-0.15, -0.1) is 0 Å². The van der Waals surface area contributed by atoms with E-state index in [9.17, 15) is 9.59 Å². The van der Waals surface area contributed by atoms with Crippen molar-refractivity contribution >= 4 is 23.4 Å². The maximum atomic E-state index is 12.1. The number of carbonyl (C=O) groups is 2. The van der Waals surface area contributed by atoms with Crippen LogP contribution in [0.25, 0.3) is 0 Å². The summed E-state index contributed by atoms with van der Waals surface area (Å²) in [6.45, 7) is 3.31. The lowest BCUT2D eigenvalue weighted by molar-refractivity contribution is -0.120. The standard InChI is InChI=1S/C21H25ClN2O4/c1-2-3-13-27-18-8-4-16(5-9-18)21(26)24-15-20(25)23-12-14-28-19-10-6-17(22)7-11-19/h4-11H,2-3,12-15H2,1H3,(H,23,25)(H,24,26). The molecule has 0 aromatic heterocycles. The molecule has 28 heavy (non-hydrogen) atoms. The van der Waals surface area contributed by atoms with E-state index < -0.39 is 0 Å². The van der Waals surface area contributed by atoms with E-state index in [2.05, 4.69) is 17.6 Å². The van der Waals surface area contributed by atoms with Crippen LogP contribution in [0.2, 0.25) is 5.02 Å². The maximum absolute atomic E-state index is 12.1. The van der Waals surface area contributed by atoms with Crippen molar-refractivity contribution in [3.63, 3.8) is 0 Å². The molecule has 2 N–H and O–H groups in total. The highest BCUT2D eigenvalue weighted by Crippen LogP contribution is 2.15. The van der Waals surface area contributed by atoms with Crippen LogP contribution in [-0.4, -0.2) is 38.1 Å². The van der Waals surface area contributed by atoms with Crippen molar-refractivity contribution in [1.82, 2.24) is 10.6 Å². The Bertz CT molecular complexity index is 748. The average Bonchev–Trinajstić information content (AvgIpc) is 2.71. The summed E-state index contributed by atoms with van der Waals surface area (Å²) < 4.78 is 11.0. The van der Waals surface area contributed by atoms with E-state index in [1.165, 1.54) is 0 Å². The number of halogens is 1. The largest absolute Gasteiger partial charge is 0.494 e. The number of hydrogen-bond donors (Lipinski definition) is 2. The SMILES string of the molecule is CCCCOc1ccc(C(=O)NCC(=O)NCCOc2ccc(Cl)cc2)cc1. The molecule has 0 radical (unpaired) electrons. The molecule has 2 rings (SSSR count). The van der Waals surface area contributed by atoms with Gasteiger partial charge < -0.3 is 20.1 Å². The Hall–Kier alpha value is -2.73. The lowest BCUT2D eigenvalue weighted by Gasteiger charge is -2.09. The highest BCUT2D eigenvalue weighted by Gasteiger charge is 2.08. The third-order valence-corrected chi connectivity index (χ3v) is 4.05. The zero-order valence-corrected chi connectivity index (χ0v) is 16.6. The normalized spacial score (nSPS) is 10.2. The smallest absolute Gasteiger partial charge is 0.251 e. The summed E-state index contributed by atoms with van der Waals surface area (Å²) in [5.41, 5.74) is 0.474. The van der Waals surface area contributed by atoms with Crippen molar-refractivity contribution in [1.29, 1.82) is 0 Å². The molecule has 6 nitrogen and oxygen atoms in total. The molecule has 2 aromatic carbocycles. The fourth-order valence-corrected chi connectivity index (χ4v) is 2.38. The van der Waals surface area contributed by atoms with Crippen molar-refractivity contribution in [2.45, 2.75) is 19.8 Å². The summed E-state index contributed by atoms with van der Waals surface area (Å²) in [5.74, 6) is 0.803. The van der Waals surface area contributed by atoms with E-state index in [0.717, 1.165) is 18.6 Å². The van der Waals surface area contributed by atoms with E-state index in [0.29, 0.717) is 36.1 Å². The van der Waals surface area contributed by atoms with Gasteiger partial charge in [-0.1, -0.05) is 24.9 Å². The Kier molecular flexibility index (Phi) is 9.15. The molecule has 0 saturated heterocycles. The second-order valence-corrected chi connectivity index (χ2v) is 6.50. The summed E-state index contributed by atoms with van der Waals surface area (Å²) >= 11 is 5.80. The molecule has 0 heterocycles. The Labute approximate surface area is 170 Å². The minimum Gasteiger partial charge on any atom is -0.494 e. The topological polar surface area (TPSA) is 76.7 Å². The first-order chi connectivity index (χ1) is 13.6. The minimum absolute atomic E-state index is 0.103. The van der Waals surface area contributed by atoms with E-state index in [4.69, 9.17) is 21.1 Å². The first-order valence-electron chi connectivity index (χ1n) is 9.24. The van der Waals surface area contributed by atoms with E-state index in [1.54, 1.807) is 48.5 Å². The van der Waals surface area contributed by atoms with Crippen molar-refractivity contribution in [3.8, 4) is 11.5 Å². The summed E-state index contributed by atoms with van der Waals surface area (Å²) in [6.07, 6.45) is 2.05. The van der Waals surface area contributed by atoms with Crippen molar-refractivity contribution in [2.75, 3.05) is 26.3 Å². The fourth-order valence-electron chi connectivity index (χ4n) is 2.25. The molecule has 0 aliphatic rings. The van der Waals surface area contributed by atoms with Gasteiger partial charge in [0.15, 0.2) is 0 Å². The molecule has 2 aromatic rings. The van der Waals surface area contributed by atoms with Crippen LogP contribution >= 0.6 is 11.6 Å². The molecular formula is C21H25ClN2O4. The second-order valence-electron chi connectivity index (χ2n) is 6.06. The molecule has 0 bridgehead atoms. The number of unbranched alkanes of at least 4 members (excludes halogenated alkanes) is 1. The summed E-state index contributed by atoms with van der Waals surface area (Å²) in [6, 6.07) is 13.8. The number of benzene rings is 2. The Balaban J connectivity index is 1.63. The molecule has 0 fully saturated rings. The van der Waals surface area contributed by atoms with Crippen LogP contribution < -0.4 is 20.1 Å². The summed E-state index contributed by atoms with van der Waals surface area (Å²) in [7, 11) is 0. The van der Waals surface area contributed by atoms with Crippen LogP contribution in [0.5, 0.6) is 11.5 Å². The van der Waals surface area contributed by atoms with Crippen LogP contribution in [0.4, 0.5) is 0 Å². The molecule has 0 atom stereocenters. The maximum Gasteiger partial charge on any atom is 0.251 e. The van der Waals surface area contributed by atoms with Gasteiger partial charge in [0.1, 0.15) is 18.1 Å². The van der Waals surface area contributed by atoms with Crippen LogP contribution in [0.1, 0.15) is 30.1 Å². The second kappa shape index (κ2) is 11.9. The quantitative estimate of drug-likeness (QED) is 0.562. The van der Waals surface area contributed by atoms with E-state index in [1.807, 2.05) is 0 Å². The molecule has 7 heteroatoms. The van der Waals surface area contributed by atoms with Gasteiger partial charge in [0.05, 0.1) is 19.7 Å². The van der Waals surface area contributed by atoms with Gasteiger partial charge in [0.2, 0.25) is 5.91 Å². The zero-order chi connectivity index (χ0) is 20.2. The highest BCUT2D eigenvalue weighted by atomic mass is 35.5. The average molecular weight is 405 g/mol. The van der Waals surface area contributed by atoms with Gasteiger partial charge in [0.25, 0.3) is 5.91 Å². The molecule has 2 amide bonds. The molecule has 0 aliphatic carbocycles. The van der Waals surface area contributed by atoms with Gasteiger partial charge in [-0.05, 0) is 55.0 Å². The predicted molar refractivity (Wildman–Crippen MR) is 109 cm³/mol. The lowest BCUT2D eigenvalue weighted by atomic mass is 10.2. The molecule has 0 unspecified atom stereocenters. The molecular weight excluding hydrogens is 380 g/mol. The minimum atomic E-state index is -0.312. The number of nitrogens with one attached hydrogen (secondary N) is 2. The van der Waals surface area contributed by atoms with Gasteiger partial charge in [-0.25, -0.2) is 0 Å². The van der Waals surface area contributed by atoms with Gasteiger partial charge in [0, 0.05) is 10.6 Å². The number of hydrogen-bond acceptors (Lipinski definition) is 4. The Morgan fingerprint density at radius 1 is 0.893 bits per heavy atom. The monoisotopic (exact) mass is 404 g/mol. The molecule has 0 saturated carbocycles. The third kappa shape index (κ3) is 7.88. The van der Waals surface area contributed by atoms with Crippen molar-refractivity contribution < 1.29 is 19.1 Å². The number of rotatable bonds is 11. The van der Waals surface area contributed by atoms with E-state index >= 15 is 0 Å². The Morgan fingerprint density at radius 3 is 2.14 bits per heavy atom. The predicted octanol–water partition coefficient (Wildman–Crippen LogP) is 3.44. The molecule has 0 aliphatic heterocycles. The van der Waals surface area contributed by atoms with Crippen molar-refractivity contribution in [2.24, 2.45) is 0 Å². The first kappa shape index (κ1) is 21.6. The number of amides is 2. The fraction of sp³-hybridized carbons (Fsp3) is 0.333. The van der Waals surface area contributed by atoms with Crippen LogP contribution in [-0.2, 0) is 4.79 Å². The highest BCUT2D eigenvalue weighted by molar-refractivity contribution is 6.30.